The van der Waals surface area contributed by atoms with Crippen molar-refractivity contribution >= 4 is 18.8 Å². The summed E-state index contributed by atoms with van der Waals surface area (Å²) >= 11 is 4.40. The lowest BCUT2D eigenvalue weighted by Crippen LogP contribution is -1.98. The second-order valence-corrected chi connectivity index (χ2v) is 3.59. The molecule has 0 amide bonds. The van der Waals surface area contributed by atoms with E-state index in [9.17, 15) is 0 Å². The number of aliphatic imine (C=N–C) groups is 1. The summed E-state index contributed by atoms with van der Waals surface area (Å²) in [6, 6.07) is 0.586. The summed E-state index contributed by atoms with van der Waals surface area (Å²) in [5.41, 5.74) is 0. The Kier molecular flexibility index (Phi) is 3.26. The molecule has 1 nitrogen and oxygen atoms in total. The molecule has 2 heteroatoms. The molecule has 1 rings (SSSR count). The molecule has 0 aromatic rings. The molecule has 0 spiro atoms. The van der Waals surface area contributed by atoms with E-state index in [-0.39, 0.29) is 0 Å². The maximum absolute atomic E-state index is 4.42. The fraction of sp³-hybridized carbons (Fsp3) is 0.875. The number of hydrogen-bond donors (Lipinski definition) is 1. The van der Waals surface area contributed by atoms with Crippen molar-refractivity contribution in [3.8, 4) is 0 Å². The third kappa shape index (κ3) is 2.33. The highest BCUT2D eigenvalue weighted by Crippen LogP contribution is 2.25. The second-order valence-electron chi connectivity index (χ2n) is 2.86. The molecule has 1 saturated carbocycles. The molecule has 0 bridgehead atoms. The average molecular weight is 157 g/mol. The number of nitrogens with zero attached hydrogens (tertiary/aromatic N) is 1. The van der Waals surface area contributed by atoms with E-state index in [1.807, 2.05) is 6.21 Å². The largest absolute Gasteiger partial charge is 0.294 e. The Balaban J connectivity index is 2.24. The summed E-state index contributed by atoms with van der Waals surface area (Å²) in [6.45, 7) is 2.12. The monoisotopic (exact) mass is 157 g/mol. The fourth-order valence-electron chi connectivity index (χ4n) is 1.32. The smallest absolute Gasteiger partial charge is 0.0506 e. The minimum atomic E-state index is 0.586. The SMILES string of the molecule is CC/C=N\C1CCC(S)C1. The van der Waals surface area contributed by atoms with Crippen molar-refractivity contribution in [1.82, 2.24) is 0 Å². The standard InChI is InChI=1S/C8H15NS/c1-2-5-9-7-3-4-8(10)6-7/h5,7-8,10H,2-4,6H2,1H3/b9-5-. The molecule has 58 valence electrons. The zero-order valence-corrected chi connectivity index (χ0v) is 7.35. The third-order valence-electron chi connectivity index (χ3n) is 1.88. The van der Waals surface area contributed by atoms with Gasteiger partial charge in [0.2, 0.25) is 0 Å². The maximum atomic E-state index is 4.42. The van der Waals surface area contributed by atoms with Crippen molar-refractivity contribution in [2.75, 3.05) is 0 Å². The van der Waals surface area contributed by atoms with Crippen LogP contribution < -0.4 is 0 Å². The summed E-state index contributed by atoms with van der Waals surface area (Å²) in [7, 11) is 0. The predicted octanol–water partition coefficient (Wildman–Crippen LogP) is 2.32. The van der Waals surface area contributed by atoms with Crippen LogP contribution in [0, 0.1) is 0 Å². The summed E-state index contributed by atoms with van der Waals surface area (Å²) in [6.07, 6.45) is 6.75. The van der Waals surface area contributed by atoms with Crippen molar-refractivity contribution in [1.29, 1.82) is 0 Å². The zero-order valence-electron chi connectivity index (χ0n) is 6.45. The first-order valence-electron chi connectivity index (χ1n) is 4.02. The molecule has 1 aliphatic rings. The van der Waals surface area contributed by atoms with Crippen LogP contribution in [0.1, 0.15) is 32.6 Å². The van der Waals surface area contributed by atoms with Gasteiger partial charge in [0.25, 0.3) is 0 Å². The number of thiol groups is 1. The summed E-state index contributed by atoms with van der Waals surface area (Å²) in [4.78, 5) is 4.42. The van der Waals surface area contributed by atoms with Gasteiger partial charge in [-0.3, -0.25) is 4.99 Å². The van der Waals surface area contributed by atoms with Gasteiger partial charge in [-0.2, -0.15) is 12.6 Å². The second kappa shape index (κ2) is 4.02. The van der Waals surface area contributed by atoms with Crippen LogP contribution in [0.3, 0.4) is 0 Å². The maximum Gasteiger partial charge on any atom is 0.0506 e. The predicted molar refractivity (Wildman–Crippen MR) is 49.2 cm³/mol. The topological polar surface area (TPSA) is 12.4 Å². The summed E-state index contributed by atoms with van der Waals surface area (Å²) < 4.78 is 0. The molecular formula is C8H15NS. The quantitative estimate of drug-likeness (QED) is 0.466. The van der Waals surface area contributed by atoms with Crippen molar-refractivity contribution in [2.24, 2.45) is 4.99 Å². The molecule has 1 aliphatic carbocycles. The fourth-order valence-corrected chi connectivity index (χ4v) is 1.72. The van der Waals surface area contributed by atoms with Crippen LogP contribution in [0.4, 0.5) is 0 Å². The van der Waals surface area contributed by atoms with E-state index < -0.39 is 0 Å². The molecule has 10 heavy (non-hydrogen) atoms. The van der Waals surface area contributed by atoms with Crippen LogP contribution in [-0.4, -0.2) is 17.5 Å². The van der Waals surface area contributed by atoms with Crippen molar-refractivity contribution in [3.05, 3.63) is 0 Å². The van der Waals surface area contributed by atoms with Gasteiger partial charge in [0.05, 0.1) is 6.04 Å². The highest BCUT2D eigenvalue weighted by molar-refractivity contribution is 7.80. The van der Waals surface area contributed by atoms with Crippen LogP contribution in [0.25, 0.3) is 0 Å². The molecule has 1 fully saturated rings. The molecule has 0 N–H and O–H groups in total. The van der Waals surface area contributed by atoms with Crippen LogP contribution >= 0.6 is 12.6 Å². The van der Waals surface area contributed by atoms with Gasteiger partial charge in [-0.1, -0.05) is 6.92 Å². The Morgan fingerprint density at radius 1 is 1.60 bits per heavy atom. The molecule has 0 aromatic heterocycles. The molecule has 2 atom stereocenters. The van der Waals surface area contributed by atoms with Gasteiger partial charge in [-0.25, -0.2) is 0 Å². The van der Waals surface area contributed by atoms with Crippen LogP contribution in [0.5, 0.6) is 0 Å². The van der Waals surface area contributed by atoms with Gasteiger partial charge in [0.15, 0.2) is 0 Å². The highest BCUT2D eigenvalue weighted by atomic mass is 32.1. The highest BCUT2D eigenvalue weighted by Gasteiger charge is 2.19. The zero-order chi connectivity index (χ0) is 7.40. The number of hydrogen-bond acceptors (Lipinski definition) is 2. The van der Waals surface area contributed by atoms with Crippen LogP contribution in [0.15, 0.2) is 4.99 Å². The van der Waals surface area contributed by atoms with E-state index >= 15 is 0 Å². The summed E-state index contributed by atoms with van der Waals surface area (Å²) in [5, 5.41) is 0.610. The van der Waals surface area contributed by atoms with E-state index in [1.54, 1.807) is 0 Å². The van der Waals surface area contributed by atoms with Crippen molar-refractivity contribution in [3.63, 3.8) is 0 Å². The van der Waals surface area contributed by atoms with Gasteiger partial charge in [-0.05, 0) is 31.9 Å². The van der Waals surface area contributed by atoms with Gasteiger partial charge < -0.3 is 0 Å². The van der Waals surface area contributed by atoms with Crippen molar-refractivity contribution < 1.29 is 0 Å². The Bertz CT molecular complexity index is 122. The molecule has 2 unspecified atom stereocenters. The Morgan fingerprint density at radius 2 is 2.40 bits per heavy atom. The molecule has 0 heterocycles. The lowest BCUT2D eigenvalue weighted by atomic mass is 10.3. The molecule has 0 aliphatic heterocycles. The first kappa shape index (κ1) is 8.12. The van der Waals surface area contributed by atoms with Gasteiger partial charge in [0.1, 0.15) is 0 Å². The molecule has 0 radical (unpaired) electrons. The van der Waals surface area contributed by atoms with Crippen molar-refractivity contribution in [2.45, 2.75) is 43.9 Å². The Labute approximate surface area is 68.3 Å². The van der Waals surface area contributed by atoms with E-state index in [0.717, 1.165) is 6.42 Å². The molecular weight excluding hydrogens is 142 g/mol. The third-order valence-corrected chi connectivity index (χ3v) is 2.35. The van der Waals surface area contributed by atoms with Gasteiger partial charge >= 0.3 is 0 Å². The average Bonchev–Trinajstić information content (AvgIpc) is 2.31. The van der Waals surface area contributed by atoms with Gasteiger partial charge in [0, 0.05) is 5.25 Å². The minimum absolute atomic E-state index is 0.586. The normalized spacial score (nSPS) is 33.8. The first-order valence-corrected chi connectivity index (χ1v) is 4.54. The van der Waals surface area contributed by atoms with Crippen LogP contribution in [-0.2, 0) is 0 Å². The molecule has 0 saturated heterocycles. The van der Waals surface area contributed by atoms with E-state index in [1.165, 1.54) is 19.3 Å². The van der Waals surface area contributed by atoms with Crippen LogP contribution in [0.2, 0.25) is 0 Å². The Hall–Kier alpha value is 0.0200. The minimum Gasteiger partial charge on any atom is -0.294 e. The lowest BCUT2D eigenvalue weighted by Gasteiger charge is -1.99. The number of rotatable bonds is 2. The lowest BCUT2D eigenvalue weighted by molar-refractivity contribution is 0.710. The van der Waals surface area contributed by atoms with E-state index in [4.69, 9.17) is 0 Å². The van der Waals surface area contributed by atoms with E-state index in [0.29, 0.717) is 11.3 Å². The van der Waals surface area contributed by atoms with E-state index in [2.05, 4.69) is 24.5 Å². The molecule has 0 aromatic carbocycles. The first-order chi connectivity index (χ1) is 4.83. The summed E-state index contributed by atoms with van der Waals surface area (Å²) in [5.74, 6) is 0. The Morgan fingerprint density at radius 3 is 2.90 bits per heavy atom. The van der Waals surface area contributed by atoms with Gasteiger partial charge in [-0.15, -0.1) is 0 Å².